The van der Waals surface area contributed by atoms with Crippen LogP contribution < -0.4 is 5.32 Å². The van der Waals surface area contributed by atoms with Crippen LogP contribution >= 0.6 is 11.8 Å². The van der Waals surface area contributed by atoms with Gasteiger partial charge in [0.1, 0.15) is 6.04 Å². The van der Waals surface area contributed by atoms with Crippen LogP contribution in [-0.4, -0.2) is 85.2 Å². The van der Waals surface area contributed by atoms with Crippen molar-refractivity contribution < 1.29 is 23.1 Å². The molecule has 0 aliphatic carbocycles. The minimum Gasteiger partial charge on any atom is -0.480 e. The summed E-state index contributed by atoms with van der Waals surface area (Å²) in [5, 5.41) is 11.5. The van der Waals surface area contributed by atoms with Crippen LogP contribution in [0.3, 0.4) is 0 Å². The fraction of sp³-hybridized carbons (Fsp3) is 0.800. The molecular weight excluding hydrogens is 306 g/mol. The number of hydrogen-bond donors (Lipinski definition) is 2. The van der Waals surface area contributed by atoms with E-state index < -0.39 is 28.1 Å². The van der Waals surface area contributed by atoms with Gasteiger partial charge in [-0.05, 0) is 0 Å². The number of nitrogens with zero attached hydrogens (tertiary/aromatic N) is 2. The summed E-state index contributed by atoms with van der Waals surface area (Å²) in [4.78, 5) is 24.2. The maximum absolute atomic E-state index is 11.9. The van der Waals surface area contributed by atoms with Crippen LogP contribution in [0.4, 0.5) is 4.79 Å². The van der Waals surface area contributed by atoms with Gasteiger partial charge in [0.05, 0.1) is 5.75 Å². The number of aliphatic carboxylic acids is 1. The van der Waals surface area contributed by atoms with Gasteiger partial charge in [-0.3, -0.25) is 0 Å². The number of amides is 2. The van der Waals surface area contributed by atoms with Gasteiger partial charge in [-0.2, -0.15) is 11.8 Å². The van der Waals surface area contributed by atoms with Gasteiger partial charge in [0.25, 0.3) is 0 Å². The van der Waals surface area contributed by atoms with E-state index in [1.165, 1.54) is 30.8 Å². The van der Waals surface area contributed by atoms with Gasteiger partial charge in [0, 0.05) is 38.7 Å². The molecule has 2 amide bonds. The Balaban J connectivity index is 2.51. The molecule has 1 saturated heterocycles. The van der Waals surface area contributed by atoms with Gasteiger partial charge in [-0.1, -0.05) is 0 Å². The van der Waals surface area contributed by atoms with Gasteiger partial charge >= 0.3 is 12.0 Å². The SMILES string of the molecule is CN(C)S(=O)(=O)CCNC(=O)N1CCSCC1C(=O)O. The number of thioether (sulfide) groups is 1. The Morgan fingerprint density at radius 3 is 2.65 bits per heavy atom. The van der Waals surface area contributed by atoms with E-state index in [0.717, 1.165) is 4.31 Å². The Morgan fingerprint density at radius 2 is 2.10 bits per heavy atom. The molecule has 1 heterocycles. The summed E-state index contributed by atoms with van der Waals surface area (Å²) in [6, 6.07) is -1.40. The second-order valence-electron chi connectivity index (χ2n) is 4.45. The summed E-state index contributed by atoms with van der Waals surface area (Å²) in [5.41, 5.74) is 0. The average molecular weight is 325 g/mol. The summed E-state index contributed by atoms with van der Waals surface area (Å²) < 4.78 is 24.1. The molecule has 0 saturated carbocycles. The zero-order valence-corrected chi connectivity index (χ0v) is 13.0. The Kier molecular flexibility index (Phi) is 6.08. The fourth-order valence-corrected chi connectivity index (χ4v) is 3.39. The standard InChI is InChI=1S/C10H19N3O5S2/c1-12(2)20(17,18)6-3-11-10(16)13-4-5-19-7-8(13)9(14)15/h8H,3-7H2,1-2H3,(H,11,16)(H,14,15). The number of hydrogen-bond acceptors (Lipinski definition) is 5. The lowest BCUT2D eigenvalue weighted by Gasteiger charge is -2.32. The monoisotopic (exact) mass is 325 g/mol. The lowest BCUT2D eigenvalue weighted by molar-refractivity contribution is -0.141. The van der Waals surface area contributed by atoms with Crippen LogP contribution in [0.5, 0.6) is 0 Å². The average Bonchev–Trinajstić information content (AvgIpc) is 2.38. The van der Waals surface area contributed by atoms with E-state index in [4.69, 9.17) is 5.11 Å². The van der Waals surface area contributed by atoms with E-state index in [9.17, 15) is 18.0 Å². The molecule has 20 heavy (non-hydrogen) atoms. The lowest BCUT2D eigenvalue weighted by Crippen LogP contribution is -2.54. The number of rotatable bonds is 5. The van der Waals surface area contributed by atoms with Crippen molar-refractivity contribution in [1.82, 2.24) is 14.5 Å². The number of carboxylic acid groups (broad SMARTS) is 1. The van der Waals surface area contributed by atoms with Crippen LogP contribution in [0.1, 0.15) is 0 Å². The smallest absolute Gasteiger partial charge is 0.327 e. The lowest BCUT2D eigenvalue weighted by atomic mass is 10.3. The molecule has 0 aromatic carbocycles. The molecular formula is C10H19N3O5S2. The van der Waals surface area contributed by atoms with E-state index >= 15 is 0 Å². The molecule has 10 heteroatoms. The summed E-state index contributed by atoms with van der Waals surface area (Å²) in [6.45, 7) is 0.295. The highest BCUT2D eigenvalue weighted by Crippen LogP contribution is 2.16. The molecule has 116 valence electrons. The second kappa shape index (κ2) is 7.14. The first-order valence-corrected chi connectivity index (χ1v) is 8.77. The molecule has 8 nitrogen and oxygen atoms in total. The van der Waals surface area contributed by atoms with Crippen molar-refractivity contribution in [3.63, 3.8) is 0 Å². The molecule has 1 aliphatic rings. The van der Waals surface area contributed by atoms with Crippen LogP contribution in [0, 0.1) is 0 Å². The maximum atomic E-state index is 11.9. The summed E-state index contributed by atoms with van der Waals surface area (Å²) in [6.07, 6.45) is 0. The Hall–Kier alpha value is -1.00. The third-order valence-corrected chi connectivity index (χ3v) is 5.72. The van der Waals surface area contributed by atoms with Crippen molar-refractivity contribution in [3.05, 3.63) is 0 Å². The number of carbonyl (C=O) groups excluding carboxylic acids is 1. The minimum absolute atomic E-state index is 0.0463. The van der Waals surface area contributed by atoms with Crippen molar-refractivity contribution in [2.24, 2.45) is 0 Å². The zero-order valence-electron chi connectivity index (χ0n) is 11.4. The fourth-order valence-electron chi connectivity index (χ4n) is 1.62. The van der Waals surface area contributed by atoms with Gasteiger partial charge in [0.2, 0.25) is 10.0 Å². The third-order valence-electron chi connectivity index (χ3n) is 2.87. The highest BCUT2D eigenvalue weighted by atomic mass is 32.2. The molecule has 1 aliphatic heterocycles. The van der Waals surface area contributed by atoms with Crippen molar-refractivity contribution in [2.45, 2.75) is 6.04 Å². The van der Waals surface area contributed by atoms with E-state index in [0.29, 0.717) is 18.1 Å². The van der Waals surface area contributed by atoms with Gasteiger partial charge in [-0.25, -0.2) is 22.3 Å². The molecule has 0 bridgehead atoms. The maximum Gasteiger partial charge on any atom is 0.327 e. The number of carboxylic acids is 1. The summed E-state index contributed by atoms with van der Waals surface area (Å²) >= 11 is 1.48. The third kappa shape index (κ3) is 4.53. The summed E-state index contributed by atoms with van der Waals surface area (Å²) in [7, 11) is -0.543. The van der Waals surface area contributed by atoms with Gasteiger partial charge < -0.3 is 15.3 Å². The van der Waals surface area contributed by atoms with Crippen molar-refractivity contribution in [3.8, 4) is 0 Å². The number of urea groups is 1. The predicted octanol–water partition coefficient (Wildman–Crippen LogP) is -0.911. The molecule has 0 aromatic heterocycles. The van der Waals surface area contributed by atoms with E-state index in [1.807, 2.05) is 0 Å². The highest BCUT2D eigenvalue weighted by molar-refractivity contribution is 7.99. The largest absolute Gasteiger partial charge is 0.480 e. The molecule has 1 fully saturated rings. The predicted molar refractivity (Wildman–Crippen MR) is 76.3 cm³/mol. The molecule has 2 N–H and O–H groups in total. The van der Waals surface area contributed by atoms with Crippen molar-refractivity contribution in [1.29, 1.82) is 0 Å². The second-order valence-corrected chi connectivity index (χ2v) is 7.90. The normalized spacial score (nSPS) is 19.9. The first-order chi connectivity index (χ1) is 9.25. The highest BCUT2D eigenvalue weighted by Gasteiger charge is 2.32. The van der Waals surface area contributed by atoms with Gasteiger partial charge in [0.15, 0.2) is 0 Å². The molecule has 0 spiro atoms. The van der Waals surface area contributed by atoms with E-state index in [-0.39, 0.29) is 12.3 Å². The Labute approximate surface area is 122 Å². The topological polar surface area (TPSA) is 107 Å². The Bertz CT molecular complexity index is 466. The minimum atomic E-state index is -3.37. The zero-order chi connectivity index (χ0) is 15.3. The molecule has 0 radical (unpaired) electrons. The first kappa shape index (κ1) is 17.1. The number of sulfonamides is 1. The molecule has 1 unspecified atom stereocenters. The van der Waals surface area contributed by atoms with Crippen LogP contribution in [0.15, 0.2) is 0 Å². The molecule has 0 aromatic rings. The van der Waals surface area contributed by atoms with Crippen LogP contribution in [0.25, 0.3) is 0 Å². The van der Waals surface area contributed by atoms with Gasteiger partial charge in [-0.15, -0.1) is 0 Å². The van der Waals surface area contributed by atoms with Crippen LogP contribution in [-0.2, 0) is 14.8 Å². The quantitative estimate of drug-likeness (QED) is 0.678. The van der Waals surface area contributed by atoms with Crippen molar-refractivity contribution >= 4 is 33.8 Å². The van der Waals surface area contributed by atoms with E-state index in [1.54, 1.807) is 0 Å². The first-order valence-electron chi connectivity index (χ1n) is 6.01. The summed E-state index contributed by atoms with van der Waals surface area (Å²) in [5.74, 6) is -0.244. The molecule has 1 rings (SSSR count). The van der Waals surface area contributed by atoms with Crippen molar-refractivity contribution in [2.75, 3.05) is 44.4 Å². The van der Waals surface area contributed by atoms with E-state index in [2.05, 4.69) is 5.32 Å². The van der Waals surface area contributed by atoms with Crippen LogP contribution in [0.2, 0.25) is 0 Å². The Morgan fingerprint density at radius 1 is 1.45 bits per heavy atom. The number of nitrogens with one attached hydrogen (secondary N) is 1. The molecule has 1 atom stereocenters. The number of carbonyl (C=O) groups is 2.